The van der Waals surface area contributed by atoms with Crippen molar-refractivity contribution in [2.24, 2.45) is 0 Å². The van der Waals surface area contributed by atoms with E-state index in [4.69, 9.17) is 0 Å². The second-order valence-corrected chi connectivity index (χ2v) is 6.29. The van der Waals surface area contributed by atoms with Gasteiger partial charge in [-0.15, -0.1) is 0 Å². The van der Waals surface area contributed by atoms with E-state index in [1.165, 1.54) is 5.69 Å². The molecule has 0 radical (unpaired) electrons. The van der Waals surface area contributed by atoms with Gasteiger partial charge in [-0.3, -0.25) is 4.90 Å². The second kappa shape index (κ2) is 7.26. The SMILES string of the molecule is CNCC(c1[nH]cnc1Br)N1CCN(c2ccccc2)CC1. The maximum atomic E-state index is 4.27. The molecule has 2 heterocycles. The van der Waals surface area contributed by atoms with Crippen molar-refractivity contribution >= 4 is 21.6 Å². The van der Waals surface area contributed by atoms with E-state index in [1.54, 1.807) is 6.33 Å². The molecule has 2 aromatic rings. The van der Waals surface area contributed by atoms with Gasteiger partial charge in [0.05, 0.1) is 18.1 Å². The average Bonchev–Trinajstić information content (AvgIpc) is 2.99. The largest absolute Gasteiger partial charge is 0.369 e. The Hall–Kier alpha value is -1.37. The van der Waals surface area contributed by atoms with Crippen molar-refractivity contribution in [2.45, 2.75) is 6.04 Å². The molecule has 1 atom stereocenters. The molecule has 22 heavy (non-hydrogen) atoms. The zero-order valence-corrected chi connectivity index (χ0v) is 14.4. The summed E-state index contributed by atoms with van der Waals surface area (Å²) in [4.78, 5) is 12.5. The summed E-state index contributed by atoms with van der Waals surface area (Å²) in [5.74, 6) is 0. The van der Waals surface area contributed by atoms with Gasteiger partial charge in [-0.25, -0.2) is 4.98 Å². The molecule has 118 valence electrons. The van der Waals surface area contributed by atoms with E-state index in [-0.39, 0.29) is 0 Å². The van der Waals surface area contributed by atoms with Crippen LogP contribution in [0.1, 0.15) is 11.7 Å². The van der Waals surface area contributed by atoms with Gasteiger partial charge >= 0.3 is 0 Å². The van der Waals surface area contributed by atoms with Crippen LogP contribution in [-0.4, -0.2) is 54.6 Å². The molecule has 6 heteroatoms. The lowest BCUT2D eigenvalue weighted by molar-refractivity contribution is 0.180. The molecule has 0 aliphatic carbocycles. The first-order valence-corrected chi connectivity index (χ1v) is 8.46. The van der Waals surface area contributed by atoms with Gasteiger partial charge in [-0.1, -0.05) is 18.2 Å². The maximum Gasteiger partial charge on any atom is 0.128 e. The fourth-order valence-corrected chi connectivity index (χ4v) is 3.54. The lowest BCUT2D eigenvalue weighted by atomic mass is 10.1. The molecule has 1 aliphatic rings. The van der Waals surface area contributed by atoms with Crippen molar-refractivity contribution in [3.63, 3.8) is 0 Å². The Morgan fingerprint density at radius 3 is 2.55 bits per heavy atom. The minimum atomic E-state index is 0.319. The number of H-pyrrole nitrogens is 1. The number of piperazine rings is 1. The Bertz CT molecular complexity index is 577. The van der Waals surface area contributed by atoms with Gasteiger partial charge < -0.3 is 15.2 Å². The number of hydrogen-bond acceptors (Lipinski definition) is 4. The van der Waals surface area contributed by atoms with E-state index in [0.29, 0.717) is 6.04 Å². The molecule has 0 bridgehead atoms. The lowest BCUT2D eigenvalue weighted by Crippen LogP contribution is -2.49. The summed E-state index contributed by atoms with van der Waals surface area (Å²) >= 11 is 3.54. The van der Waals surface area contributed by atoms with E-state index in [1.807, 2.05) is 7.05 Å². The van der Waals surface area contributed by atoms with Crippen molar-refractivity contribution in [1.82, 2.24) is 20.2 Å². The van der Waals surface area contributed by atoms with Crippen LogP contribution in [0.5, 0.6) is 0 Å². The van der Waals surface area contributed by atoms with Crippen molar-refractivity contribution < 1.29 is 0 Å². The number of nitrogens with zero attached hydrogens (tertiary/aromatic N) is 3. The normalized spacial score (nSPS) is 17.6. The number of halogens is 1. The van der Waals surface area contributed by atoms with E-state index >= 15 is 0 Å². The molecule has 1 aliphatic heterocycles. The van der Waals surface area contributed by atoms with Gasteiger partial charge in [0.15, 0.2) is 0 Å². The van der Waals surface area contributed by atoms with E-state index in [9.17, 15) is 0 Å². The molecular weight excluding hydrogens is 342 g/mol. The molecule has 0 spiro atoms. The number of imidazole rings is 1. The molecule has 1 fully saturated rings. The van der Waals surface area contributed by atoms with E-state index in [2.05, 4.69) is 71.3 Å². The predicted molar refractivity (Wildman–Crippen MR) is 93.2 cm³/mol. The number of nitrogens with one attached hydrogen (secondary N) is 2. The van der Waals surface area contributed by atoms with Gasteiger partial charge in [0.1, 0.15) is 4.60 Å². The molecule has 1 saturated heterocycles. The summed E-state index contributed by atoms with van der Waals surface area (Å²) < 4.78 is 0.915. The summed E-state index contributed by atoms with van der Waals surface area (Å²) in [6.45, 7) is 5.11. The molecule has 0 amide bonds. The molecule has 0 saturated carbocycles. The minimum absolute atomic E-state index is 0.319. The van der Waals surface area contributed by atoms with Crippen molar-refractivity contribution in [1.29, 1.82) is 0 Å². The highest BCUT2D eigenvalue weighted by Crippen LogP contribution is 2.26. The predicted octanol–water partition coefficient (Wildman–Crippen LogP) is 2.25. The number of likely N-dealkylation sites (N-methyl/N-ethyl adjacent to an activating group) is 1. The van der Waals surface area contributed by atoms with Gasteiger partial charge in [0, 0.05) is 38.4 Å². The van der Waals surface area contributed by atoms with Gasteiger partial charge in [0.25, 0.3) is 0 Å². The van der Waals surface area contributed by atoms with Gasteiger partial charge in [-0.2, -0.15) is 0 Å². The average molecular weight is 364 g/mol. The number of aromatic nitrogens is 2. The van der Waals surface area contributed by atoms with Crippen molar-refractivity contribution in [3.05, 3.63) is 47.0 Å². The van der Waals surface area contributed by atoms with Crippen LogP contribution in [0.25, 0.3) is 0 Å². The standard InChI is InChI=1S/C16H22BrN5/c1-18-11-14(15-16(17)20-12-19-15)22-9-7-21(8-10-22)13-5-3-2-4-6-13/h2-6,12,14,18H,7-11H2,1H3,(H,19,20). The van der Waals surface area contributed by atoms with Crippen LogP contribution in [0.15, 0.2) is 41.3 Å². The Kier molecular flexibility index (Phi) is 5.12. The van der Waals surface area contributed by atoms with Crippen LogP contribution < -0.4 is 10.2 Å². The fraction of sp³-hybridized carbons (Fsp3) is 0.438. The van der Waals surface area contributed by atoms with Gasteiger partial charge in [-0.05, 0) is 35.1 Å². The molecular formula is C16H22BrN5. The van der Waals surface area contributed by atoms with Crippen LogP contribution in [-0.2, 0) is 0 Å². The summed E-state index contributed by atoms with van der Waals surface area (Å²) in [5.41, 5.74) is 2.47. The minimum Gasteiger partial charge on any atom is -0.369 e. The Balaban J connectivity index is 1.67. The number of aromatic amines is 1. The topological polar surface area (TPSA) is 47.2 Å². The van der Waals surface area contributed by atoms with Crippen molar-refractivity contribution in [3.8, 4) is 0 Å². The monoisotopic (exact) mass is 363 g/mol. The number of benzene rings is 1. The number of anilines is 1. The molecule has 1 aromatic carbocycles. The Morgan fingerprint density at radius 2 is 1.95 bits per heavy atom. The third-order valence-corrected chi connectivity index (χ3v) is 4.86. The van der Waals surface area contributed by atoms with Crippen LogP contribution in [0.2, 0.25) is 0 Å². The third kappa shape index (κ3) is 3.34. The molecule has 2 N–H and O–H groups in total. The first-order chi connectivity index (χ1) is 10.8. The van der Waals surface area contributed by atoms with E-state index in [0.717, 1.165) is 43.0 Å². The molecule has 1 unspecified atom stereocenters. The quantitative estimate of drug-likeness (QED) is 0.855. The summed E-state index contributed by atoms with van der Waals surface area (Å²) in [5, 5.41) is 3.30. The van der Waals surface area contributed by atoms with Crippen LogP contribution >= 0.6 is 15.9 Å². The van der Waals surface area contributed by atoms with Crippen molar-refractivity contribution in [2.75, 3.05) is 44.7 Å². The Labute approximate surface area is 139 Å². The first kappa shape index (κ1) is 15.5. The summed E-state index contributed by atoms with van der Waals surface area (Å²) in [7, 11) is 2.00. The highest BCUT2D eigenvalue weighted by molar-refractivity contribution is 9.10. The lowest BCUT2D eigenvalue weighted by Gasteiger charge is -2.40. The number of hydrogen-bond donors (Lipinski definition) is 2. The van der Waals surface area contributed by atoms with Gasteiger partial charge in [0.2, 0.25) is 0 Å². The smallest absolute Gasteiger partial charge is 0.128 e. The third-order valence-electron chi connectivity index (χ3n) is 4.23. The summed E-state index contributed by atoms with van der Waals surface area (Å²) in [6, 6.07) is 11.0. The number of rotatable bonds is 5. The highest BCUT2D eigenvalue weighted by Gasteiger charge is 2.27. The van der Waals surface area contributed by atoms with Crippen LogP contribution in [0.4, 0.5) is 5.69 Å². The second-order valence-electron chi connectivity index (χ2n) is 5.54. The van der Waals surface area contributed by atoms with E-state index < -0.39 is 0 Å². The number of para-hydroxylation sites is 1. The fourth-order valence-electron chi connectivity index (χ4n) is 3.06. The maximum absolute atomic E-state index is 4.27. The first-order valence-electron chi connectivity index (χ1n) is 7.67. The summed E-state index contributed by atoms with van der Waals surface area (Å²) in [6.07, 6.45) is 1.75. The molecule has 3 rings (SSSR count). The Morgan fingerprint density at radius 1 is 1.23 bits per heavy atom. The highest BCUT2D eigenvalue weighted by atomic mass is 79.9. The zero-order valence-electron chi connectivity index (χ0n) is 12.8. The zero-order chi connectivity index (χ0) is 15.4. The van der Waals surface area contributed by atoms with Crippen LogP contribution in [0.3, 0.4) is 0 Å². The molecule has 5 nitrogen and oxygen atoms in total. The van der Waals surface area contributed by atoms with Crippen LogP contribution in [0, 0.1) is 0 Å². The molecule has 1 aromatic heterocycles.